The molecule has 0 aromatic heterocycles. The van der Waals surface area contributed by atoms with Crippen LogP contribution in [-0.2, 0) is 11.3 Å². The highest BCUT2D eigenvalue weighted by Crippen LogP contribution is 2.28. The van der Waals surface area contributed by atoms with E-state index in [1.807, 2.05) is 56.3 Å². The van der Waals surface area contributed by atoms with Crippen LogP contribution in [0.2, 0.25) is 0 Å². The fraction of sp³-hybridized carbons (Fsp3) is 0.323. The Morgan fingerprint density at radius 3 is 2.33 bits per heavy atom. The van der Waals surface area contributed by atoms with E-state index in [0.29, 0.717) is 11.3 Å². The van der Waals surface area contributed by atoms with Crippen LogP contribution in [0.5, 0.6) is 11.5 Å². The smallest absolute Gasteiger partial charge is 0.271 e. The maximum absolute atomic E-state index is 12.5. The van der Waals surface area contributed by atoms with Gasteiger partial charge < -0.3 is 19.7 Å². The van der Waals surface area contributed by atoms with Crippen molar-refractivity contribution in [3.05, 3.63) is 89.5 Å². The topological polar surface area (TPSA) is 95.5 Å². The molecule has 3 aromatic rings. The van der Waals surface area contributed by atoms with E-state index >= 15 is 0 Å². The molecule has 210 valence electrons. The van der Waals surface area contributed by atoms with Crippen molar-refractivity contribution in [3.63, 3.8) is 0 Å². The van der Waals surface area contributed by atoms with Gasteiger partial charge in [-0.15, -0.1) is 0 Å². The maximum atomic E-state index is 12.5. The number of hydrazone groups is 1. The van der Waals surface area contributed by atoms with Crippen molar-refractivity contribution in [2.24, 2.45) is 5.10 Å². The van der Waals surface area contributed by atoms with Crippen molar-refractivity contribution in [2.75, 3.05) is 44.8 Å². The molecule has 3 aromatic carbocycles. The molecule has 0 radical (unpaired) electrons. The molecule has 4 rings (SSSR count). The normalized spacial score (nSPS) is 13.8. The van der Waals surface area contributed by atoms with E-state index in [4.69, 9.17) is 9.47 Å². The molecule has 1 aliphatic rings. The Balaban J connectivity index is 1.20. The lowest BCUT2D eigenvalue weighted by Gasteiger charge is -2.36. The largest absolute Gasteiger partial charge is 0.495 e. The monoisotopic (exact) mass is 543 g/mol. The van der Waals surface area contributed by atoms with E-state index in [-0.39, 0.29) is 24.5 Å². The van der Waals surface area contributed by atoms with Crippen LogP contribution in [0.25, 0.3) is 0 Å². The van der Waals surface area contributed by atoms with Gasteiger partial charge in [-0.25, -0.2) is 5.43 Å². The van der Waals surface area contributed by atoms with Gasteiger partial charge in [-0.2, -0.15) is 5.10 Å². The number of nitrogens with zero attached hydrogens (tertiary/aromatic N) is 3. The fourth-order valence-electron chi connectivity index (χ4n) is 4.45. The van der Waals surface area contributed by atoms with Gasteiger partial charge in [0.25, 0.3) is 11.8 Å². The average molecular weight is 544 g/mol. The number of anilines is 1. The Morgan fingerprint density at radius 1 is 0.950 bits per heavy atom. The first-order chi connectivity index (χ1) is 19.4. The number of nitrogens with one attached hydrogen (secondary N) is 2. The molecular weight excluding hydrogens is 506 g/mol. The molecule has 9 heteroatoms. The Bertz CT molecular complexity index is 1280. The van der Waals surface area contributed by atoms with Crippen LogP contribution in [0.3, 0.4) is 0 Å². The van der Waals surface area contributed by atoms with Crippen molar-refractivity contribution >= 4 is 23.7 Å². The van der Waals surface area contributed by atoms with Crippen LogP contribution in [0.15, 0.2) is 77.9 Å². The van der Waals surface area contributed by atoms with Gasteiger partial charge in [0.2, 0.25) is 0 Å². The molecule has 0 bridgehead atoms. The zero-order chi connectivity index (χ0) is 28.3. The lowest BCUT2D eigenvalue weighted by Crippen LogP contribution is -2.46. The molecular formula is C31H37N5O4. The van der Waals surface area contributed by atoms with Crippen molar-refractivity contribution in [2.45, 2.75) is 26.4 Å². The summed E-state index contributed by atoms with van der Waals surface area (Å²) in [5, 5.41) is 6.84. The van der Waals surface area contributed by atoms with E-state index in [2.05, 4.69) is 31.7 Å². The minimum atomic E-state index is -0.274. The zero-order valence-corrected chi connectivity index (χ0v) is 23.3. The van der Waals surface area contributed by atoms with Crippen molar-refractivity contribution in [1.82, 2.24) is 15.6 Å². The molecule has 0 saturated carbocycles. The average Bonchev–Trinajstić information content (AvgIpc) is 2.97. The van der Waals surface area contributed by atoms with E-state index in [1.54, 1.807) is 37.6 Å². The molecule has 1 aliphatic heterocycles. The predicted molar refractivity (Wildman–Crippen MR) is 157 cm³/mol. The first-order valence-corrected chi connectivity index (χ1v) is 13.5. The van der Waals surface area contributed by atoms with Crippen LogP contribution < -0.4 is 25.1 Å². The maximum Gasteiger partial charge on any atom is 0.271 e. The highest BCUT2D eigenvalue weighted by atomic mass is 16.5. The van der Waals surface area contributed by atoms with Crippen LogP contribution >= 0.6 is 0 Å². The second-order valence-corrected chi connectivity index (χ2v) is 9.91. The van der Waals surface area contributed by atoms with Crippen LogP contribution in [0, 0.1) is 0 Å². The van der Waals surface area contributed by atoms with Crippen molar-refractivity contribution in [3.8, 4) is 11.5 Å². The second kappa shape index (κ2) is 14.1. The van der Waals surface area contributed by atoms with Gasteiger partial charge in [0.15, 0.2) is 6.61 Å². The van der Waals surface area contributed by atoms with E-state index in [9.17, 15) is 9.59 Å². The molecule has 2 amide bonds. The molecule has 2 N–H and O–H groups in total. The third-order valence-electron chi connectivity index (χ3n) is 6.50. The second-order valence-electron chi connectivity index (χ2n) is 9.91. The first kappa shape index (κ1) is 28.6. The number of carbonyl (C=O) groups is 2. The van der Waals surface area contributed by atoms with Crippen LogP contribution in [0.4, 0.5) is 5.69 Å². The Labute approximate surface area is 235 Å². The summed E-state index contributed by atoms with van der Waals surface area (Å²) in [6.07, 6.45) is 1.56. The summed E-state index contributed by atoms with van der Waals surface area (Å²) in [5.41, 5.74) is 6.21. The Morgan fingerprint density at radius 2 is 1.65 bits per heavy atom. The molecule has 1 saturated heterocycles. The molecule has 40 heavy (non-hydrogen) atoms. The third kappa shape index (κ3) is 8.31. The summed E-state index contributed by atoms with van der Waals surface area (Å²) in [7, 11) is 1.71. The number of rotatable bonds is 11. The number of piperazine rings is 1. The summed E-state index contributed by atoms with van der Waals surface area (Å²) >= 11 is 0. The number of amides is 2. The predicted octanol–water partition coefficient (Wildman–Crippen LogP) is 3.68. The standard InChI is InChI=1S/C31H37N5O4/c1-23(2)33-30(37)22-40-27-14-10-24(11-15-27)20-32-34-31(38)26-12-8-25(9-13-26)21-35-16-18-36(19-17-35)28-6-4-5-7-29(28)39-3/h4-15,20,23H,16-19,21-22H2,1-3H3,(H,33,37)(H,34,38)/b32-20+. The van der Waals surface area contributed by atoms with Crippen LogP contribution in [0.1, 0.15) is 35.3 Å². The molecule has 9 nitrogen and oxygen atoms in total. The fourth-order valence-corrected chi connectivity index (χ4v) is 4.45. The number of benzene rings is 3. The summed E-state index contributed by atoms with van der Waals surface area (Å²) in [4.78, 5) is 29.0. The lowest BCUT2D eigenvalue weighted by molar-refractivity contribution is -0.123. The number of hydrogen-bond donors (Lipinski definition) is 2. The SMILES string of the molecule is COc1ccccc1N1CCN(Cc2ccc(C(=O)N/N=C/c3ccc(OCC(=O)NC(C)C)cc3)cc2)CC1. The minimum Gasteiger partial charge on any atom is -0.495 e. The van der Waals surface area contributed by atoms with Gasteiger partial charge in [-0.05, 0) is 73.5 Å². The number of ether oxygens (including phenoxy) is 2. The van der Waals surface area contributed by atoms with E-state index < -0.39 is 0 Å². The van der Waals surface area contributed by atoms with Crippen molar-refractivity contribution < 1.29 is 19.1 Å². The van der Waals surface area contributed by atoms with Gasteiger partial charge in [-0.1, -0.05) is 24.3 Å². The van der Waals surface area contributed by atoms with Gasteiger partial charge in [0.05, 0.1) is 19.0 Å². The Kier molecular flexibility index (Phi) is 10.1. The summed E-state index contributed by atoms with van der Waals surface area (Å²) < 4.78 is 11.0. The van der Waals surface area contributed by atoms with Gasteiger partial charge in [-0.3, -0.25) is 14.5 Å². The van der Waals surface area contributed by atoms with Gasteiger partial charge in [0, 0.05) is 44.3 Å². The molecule has 1 heterocycles. The first-order valence-electron chi connectivity index (χ1n) is 13.5. The molecule has 0 atom stereocenters. The summed E-state index contributed by atoms with van der Waals surface area (Å²) in [5.74, 6) is 1.04. The van der Waals surface area contributed by atoms with Crippen LogP contribution in [-0.4, -0.2) is 68.9 Å². The highest BCUT2D eigenvalue weighted by molar-refractivity contribution is 5.94. The molecule has 0 unspecified atom stereocenters. The van der Waals surface area contributed by atoms with Gasteiger partial charge in [0.1, 0.15) is 11.5 Å². The minimum absolute atomic E-state index is 0.0407. The highest BCUT2D eigenvalue weighted by Gasteiger charge is 2.19. The Hall–Kier alpha value is -4.37. The molecule has 1 fully saturated rings. The summed E-state index contributed by atoms with van der Waals surface area (Å²) in [6.45, 7) is 8.37. The third-order valence-corrected chi connectivity index (χ3v) is 6.50. The quantitative estimate of drug-likeness (QED) is 0.283. The molecule has 0 aliphatic carbocycles. The zero-order valence-electron chi connectivity index (χ0n) is 23.3. The van der Waals surface area contributed by atoms with Gasteiger partial charge >= 0.3 is 0 Å². The number of para-hydroxylation sites is 2. The number of hydrogen-bond acceptors (Lipinski definition) is 7. The lowest BCUT2D eigenvalue weighted by atomic mass is 10.1. The number of carbonyl (C=O) groups excluding carboxylic acids is 2. The number of methoxy groups -OCH3 is 1. The van der Waals surface area contributed by atoms with E-state index in [1.165, 1.54) is 0 Å². The van der Waals surface area contributed by atoms with E-state index in [0.717, 1.165) is 55.3 Å². The summed E-state index contributed by atoms with van der Waals surface area (Å²) in [6, 6.07) is 22.9. The van der Waals surface area contributed by atoms with Crippen molar-refractivity contribution in [1.29, 1.82) is 0 Å². The molecule has 0 spiro atoms.